The number of aromatic amines is 1. The Hall–Kier alpha value is -4.78. The van der Waals surface area contributed by atoms with Gasteiger partial charge in [0.2, 0.25) is 0 Å². The molecule has 3 N–H and O–H groups in total. The van der Waals surface area contributed by atoms with E-state index in [1.807, 2.05) is 13.0 Å². The maximum atomic E-state index is 14.6. The third kappa shape index (κ3) is 6.52. The second-order valence-corrected chi connectivity index (χ2v) is 9.43. The number of alkyl halides is 1. The average Bonchev–Trinajstić information content (AvgIpc) is 3.65. The molecule has 2 aliphatic rings. The number of anilines is 3. The number of benzene rings is 1. The number of nitrogens with one attached hydrogen (secondary N) is 3. The fourth-order valence-electron chi connectivity index (χ4n) is 4.24. The van der Waals surface area contributed by atoms with Gasteiger partial charge >= 0.3 is 6.03 Å². The van der Waals surface area contributed by atoms with Gasteiger partial charge in [0.05, 0.1) is 25.2 Å². The third-order valence-electron chi connectivity index (χ3n) is 6.27. The molecule has 13 heteroatoms. The number of aromatic nitrogens is 5. The first-order valence-corrected chi connectivity index (χ1v) is 12.9. The van der Waals surface area contributed by atoms with Crippen LogP contribution in [0.3, 0.4) is 0 Å². The van der Waals surface area contributed by atoms with E-state index in [2.05, 4.69) is 35.6 Å². The molecule has 1 aromatic carbocycles. The molecule has 1 atom stereocenters. The summed E-state index contributed by atoms with van der Waals surface area (Å²) >= 11 is 0. The maximum absolute atomic E-state index is 14.6. The molecule has 0 bridgehead atoms. The smallest absolute Gasteiger partial charge is 0.341 e. The van der Waals surface area contributed by atoms with Crippen LogP contribution in [0, 0.1) is 19.7 Å². The minimum Gasteiger partial charge on any atom is -0.341 e. The van der Waals surface area contributed by atoms with Gasteiger partial charge < -0.3 is 15.6 Å². The summed E-state index contributed by atoms with van der Waals surface area (Å²) in [7, 11) is 0. The molecule has 6 rings (SSSR count). The first-order valence-electron chi connectivity index (χ1n) is 12.9. The second kappa shape index (κ2) is 12.2. The summed E-state index contributed by atoms with van der Waals surface area (Å²) in [5, 5.41) is 7.03. The number of rotatable bonds is 4. The Morgan fingerprint density at radius 2 is 1.98 bits per heavy atom. The Labute approximate surface area is 233 Å². The second-order valence-electron chi connectivity index (χ2n) is 9.43. The number of H-pyrrole nitrogens is 1. The molecule has 212 valence electrons. The van der Waals surface area contributed by atoms with Gasteiger partial charge in [-0.2, -0.15) is 0 Å². The molecule has 0 radical (unpaired) electrons. The minimum absolute atomic E-state index is 0.0373. The minimum atomic E-state index is -1.11. The van der Waals surface area contributed by atoms with E-state index in [9.17, 15) is 18.0 Å². The van der Waals surface area contributed by atoms with E-state index in [1.54, 1.807) is 19.4 Å². The van der Waals surface area contributed by atoms with Crippen molar-refractivity contribution in [1.82, 2.24) is 30.0 Å². The SMILES string of the molecule is Cc1cnc(Nc2cc(NC(=O)N3CCCO3)c(F)cc2C)c(-c2ncnc3nc[nH]c23)c1.FC1=CC(F)CC=C1. The van der Waals surface area contributed by atoms with Crippen molar-refractivity contribution >= 4 is 34.4 Å². The Morgan fingerprint density at radius 1 is 1.12 bits per heavy atom. The fraction of sp³-hybridized carbons (Fsp3) is 0.250. The summed E-state index contributed by atoms with van der Waals surface area (Å²) in [5.41, 5.74) is 4.79. The number of allylic oxidation sites excluding steroid dienone is 4. The average molecular weight is 565 g/mol. The standard InChI is InChI=1S/C22H21FN8O2.C6H6F2/c1-12-6-14(18-19-21(27-10-25-18)28-11-26-19)20(24-9-12)29-16-8-17(15(23)7-13(16)2)30-22(32)31-4-3-5-33-31;7-5-2-1-3-6(8)4-5/h6-11H,3-5H2,1-2H3,(H,24,29)(H,30,32)(H,25,26,27,28);1-2,4,6H,3H2. The van der Waals surface area contributed by atoms with Crippen molar-refractivity contribution in [3.8, 4) is 11.3 Å². The summed E-state index contributed by atoms with van der Waals surface area (Å²) in [6, 6.07) is 4.33. The molecular formula is C28H27F3N8O2. The molecule has 1 fully saturated rings. The Balaban J connectivity index is 0.000000365. The van der Waals surface area contributed by atoms with Crippen LogP contribution in [0.1, 0.15) is 24.0 Å². The van der Waals surface area contributed by atoms with Crippen molar-refractivity contribution in [2.75, 3.05) is 23.8 Å². The molecule has 1 aliphatic heterocycles. The highest BCUT2D eigenvalue weighted by Gasteiger charge is 2.21. The number of imidazole rings is 1. The lowest BCUT2D eigenvalue weighted by atomic mass is 10.1. The van der Waals surface area contributed by atoms with E-state index in [-0.39, 0.29) is 5.69 Å². The van der Waals surface area contributed by atoms with Crippen LogP contribution >= 0.6 is 0 Å². The number of hydrogen-bond donors (Lipinski definition) is 3. The molecule has 10 nitrogen and oxygen atoms in total. The van der Waals surface area contributed by atoms with Gasteiger partial charge in [0.1, 0.15) is 41.2 Å². The first kappa shape index (κ1) is 27.8. The van der Waals surface area contributed by atoms with Crippen molar-refractivity contribution in [2.24, 2.45) is 0 Å². The van der Waals surface area contributed by atoms with Crippen molar-refractivity contribution in [2.45, 2.75) is 32.9 Å². The number of carbonyl (C=O) groups is 1. The van der Waals surface area contributed by atoms with Gasteiger partial charge in [-0.15, -0.1) is 0 Å². The lowest BCUT2D eigenvalue weighted by Gasteiger charge is -2.18. The van der Waals surface area contributed by atoms with Crippen molar-refractivity contribution in [1.29, 1.82) is 0 Å². The van der Waals surface area contributed by atoms with Crippen LogP contribution in [-0.2, 0) is 4.84 Å². The monoisotopic (exact) mass is 564 g/mol. The molecule has 1 unspecified atom stereocenters. The van der Waals surface area contributed by atoms with E-state index < -0.39 is 23.8 Å². The van der Waals surface area contributed by atoms with Gasteiger partial charge in [0.15, 0.2) is 5.65 Å². The maximum Gasteiger partial charge on any atom is 0.345 e. The van der Waals surface area contributed by atoms with Gasteiger partial charge in [-0.1, -0.05) is 6.08 Å². The number of carbonyl (C=O) groups excluding carboxylic acids is 1. The highest BCUT2D eigenvalue weighted by atomic mass is 19.1. The van der Waals surface area contributed by atoms with Crippen molar-refractivity contribution in [3.05, 3.63) is 78.0 Å². The number of aryl methyl sites for hydroxylation is 2. The van der Waals surface area contributed by atoms with Crippen LogP contribution in [-0.4, -0.2) is 55.3 Å². The lowest BCUT2D eigenvalue weighted by Crippen LogP contribution is -2.31. The number of urea groups is 1. The molecule has 2 amide bonds. The van der Waals surface area contributed by atoms with E-state index in [0.717, 1.165) is 23.6 Å². The Kier molecular flexibility index (Phi) is 8.24. The largest absolute Gasteiger partial charge is 0.345 e. The lowest BCUT2D eigenvalue weighted by molar-refractivity contribution is -0.0614. The summed E-state index contributed by atoms with van der Waals surface area (Å²) in [5.74, 6) is -0.494. The normalized spacial score (nSPS) is 16.3. The number of fused-ring (bicyclic) bond motifs is 1. The Bertz CT molecular complexity index is 1630. The molecule has 3 aromatic heterocycles. The fourth-order valence-corrected chi connectivity index (χ4v) is 4.24. The van der Waals surface area contributed by atoms with Crippen LogP contribution in [0.2, 0.25) is 0 Å². The van der Waals surface area contributed by atoms with Gasteiger partial charge in [0.25, 0.3) is 0 Å². The van der Waals surface area contributed by atoms with Crippen LogP contribution in [0.4, 0.5) is 35.2 Å². The van der Waals surface area contributed by atoms with Gasteiger partial charge in [-0.25, -0.2) is 43.0 Å². The van der Waals surface area contributed by atoms with Gasteiger partial charge in [-0.05, 0) is 61.7 Å². The van der Waals surface area contributed by atoms with Crippen LogP contribution in [0.5, 0.6) is 0 Å². The predicted octanol–water partition coefficient (Wildman–Crippen LogP) is 6.22. The highest BCUT2D eigenvalue weighted by Crippen LogP contribution is 2.33. The van der Waals surface area contributed by atoms with Gasteiger partial charge in [-0.3, -0.25) is 4.84 Å². The number of halogens is 3. The zero-order valence-electron chi connectivity index (χ0n) is 22.3. The highest BCUT2D eigenvalue weighted by molar-refractivity contribution is 5.93. The quantitative estimate of drug-likeness (QED) is 0.269. The van der Waals surface area contributed by atoms with Crippen LogP contribution in [0.25, 0.3) is 22.4 Å². The van der Waals surface area contributed by atoms with E-state index in [1.165, 1.54) is 35.7 Å². The number of pyridine rings is 1. The molecule has 0 saturated carbocycles. The van der Waals surface area contributed by atoms with Crippen molar-refractivity contribution in [3.63, 3.8) is 0 Å². The zero-order valence-corrected chi connectivity index (χ0v) is 22.3. The summed E-state index contributed by atoms with van der Waals surface area (Å²) < 4.78 is 38.6. The first-order chi connectivity index (χ1) is 19.8. The zero-order chi connectivity index (χ0) is 28.9. The van der Waals surface area contributed by atoms with Crippen molar-refractivity contribution < 1.29 is 22.8 Å². The predicted molar refractivity (Wildman–Crippen MR) is 148 cm³/mol. The molecule has 4 heterocycles. The molecular weight excluding hydrogens is 537 g/mol. The number of amides is 2. The molecule has 1 aliphatic carbocycles. The van der Waals surface area contributed by atoms with E-state index in [4.69, 9.17) is 4.84 Å². The summed E-state index contributed by atoms with van der Waals surface area (Å²) in [6.07, 6.45) is 8.40. The van der Waals surface area contributed by atoms with Gasteiger partial charge in [0, 0.05) is 23.9 Å². The molecule has 4 aromatic rings. The topological polar surface area (TPSA) is 121 Å². The van der Waals surface area contributed by atoms with Crippen LogP contribution < -0.4 is 10.6 Å². The summed E-state index contributed by atoms with van der Waals surface area (Å²) in [6.45, 7) is 4.63. The number of nitrogens with zero attached hydrogens (tertiary/aromatic N) is 5. The van der Waals surface area contributed by atoms with Crippen LogP contribution in [0.15, 0.2) is 61.1 Å². The Morgan fingerprint density at radius 3 is 2.71 bits per heavy atom. The number of hydroxylamine groups is 2. The molecule has 0 spiro atoms. The third-order valence-corrected chi connectivity index (χ3v) is 6.27. The summed E-state index contributed by atoms with van der Waals surface area (Å²) in [4.78, 5) is 38.0. The van der Waals surface area contributed by atoms with E-state index in [0.29, 0.717) is 53.5 Å². The van der Waals surface area contributed by atoms with E-state index >= 15 is 0 Å². The molecule has 41 heavy (non-hydrogen) atoms. The molecule has 1 saturated heterocycles. The number of hydrogen-bond acceptors (Lipinski definition) is 7.